The Hall–Kier alpha value is -0.530. The first-order valence-electron chi connectivity index (χ1n) is 5.56. The Morgan fingerprint density at radius 1 is 1.29 bits per heavy atom. The predicted octanol–water partition coefficient (Wildman–Crippen LogP) is 2.96. The highest BCUT2D eigenvalue weighted by molar-refractivity contribution is 5.73. The summed E-state index contributed by atoms with van der Waals surface area (Å²) in [6.45, 7) is 11.4. The molecule has 0 aromatic heterocycles. The molecule has 2 N–H and O–H groups in total. The van der Waals surface area contributed by atoms with Crippen molar-refractivity contribution in [2.24, 2.45) is 23.0 Å². The quantitative estimate of drug-likeness (QED) is 0.702. The molecule has 2 heteroatoms. The van der Waals surface area contributed by atoms with Gasteiger partial charge in [-0.2, -0.15) is 0 Å². The van der Waals surface area contributed by atoms with E-state index in [9.17, 15) is 4.79 Å². The van der Waals surface area contributed by atoms with Crippen molar-refractivity contribution in [3.05, 3.63) is 0 Å². The average molecular weight is 199 g/mol. The largest absolute Gasteiger partial charge is 0.370 e. The highest BCUT2D eigenvalue weighted by atomic mass is 16.1. The molecular formula is C12H25NO. The molecule has 0 rings (SSSR count). The normalized spacial score (nSPS) is 14.4. The van der Waals surface area contributed by atoms with Gasteiger partial charge < -0.3 is 5.73 Å². The van der Waals surface area contributed by atoms with Gasteiger partial charge in [-0.05, 0) is 30.1 Å². The molecule has 0 saturated carbocycles. The molecule has 0 aromatic rings. The third kappa shape index (κ3) is 4.12. The number of amides is 1. The summed E-state index contributed by atoms with van der Waals surface area (Å²) in [4.78, 5) is 10.6. The highest BCUT2D eigenvalue weighted by Crippen LogP contribution is 2.37. The van der Waals surface area contributed by atoms with E-state index in [1.54, 1.807) is 0 Å². The van der Waals surface area contributed by atoms with E-state index in [1.807, 2.05) is 0 Å². The van der Waals surface area contributed by atoms with Crippen molar-refractivity contribution in [1.82, 2.24) is 0 Å². The Balaban J connectivity index is 3.95. The Kier molecular flexibility index (Phi) is 5.17. The van der Waals surface area contributed by atoms with Gasteiger partial charge in [-0.25, -0.2) is 0 Å². The second kappa shape index (κ2) is 5.38. The second-order valence-electron chi connectivity index (χ2n) is 5.24. The van der Waals surface area contributed by atoms with E-state index in [-0.39, 0.29) is 5.91 Å². The van der Waals surface area contributed by atoms with E-state index in [4.69, 9.17) is 5.73 Å². The summed E-state index contributed by atoms with van der Waals surface area (Å²) >= 11 is 0. The van der Waals surface area contributed by atoms with Gasteiger partial charge >= 0.3 is 0 Å². The van der Waals surface area contributed by atoms with Crippen molar-refractivity contribution >= 4 is 5.91 Å². The van der Waals surface area contributed by atoms with Gasteiger partial charge in [0.05, 0.1) is 0 Å². The van der Waals surface area contributed by atoms with E-state index >= 15 is 0 Å². The van der Waals surface area contributed by atoms with Gasteiger partial charge in [0.15, 0.2) is 0 Å². The molecule has 0 radical (unpaired) electrons. The second-order valence-corrected chi connectivity index (χ2v) is 5.24. The van der Waals surface area contributed by atoms with Crippen LogP contribution in [0.5, 0.6) is 0 Å². The lowest BCUT2D eigenvalue weighted by Crippen LogP contribution is -2.27. The Bertz CT molecular complexity index is 185. The molecule has 0 heterocycles. The van der Waals surface area contributed by atoms with Crippen LogP contribution in [0.25, 0.3) is 0 Å². The summed E-state index contributed by atoms with van der Waals surface area (Å²) in [5, 5.41) is 0. The van der Waals surface area contributed by atoms with E-state index in [1.165, 1.54) is 0 Å². The predicted molar refractivity (Wildman–Crippen MR) is 60.8 cm³/mol. The summed E-state index contributed by atoms with van der Waals surface area (Å²) in [6, 6.07) is 0. The molecular weight excluding hydrogens is 174 g/mol. The molecule has 14 heavy (non-hydrogen) atoms. The molecule has 0 saturated heterocycles. The smallest absolute Gasteiger partial charge is 0.217 e. The summed E-state index contributed by atoms with van der Waals surface area (Å²) < 4.78 is 0. The molecule has 2 nitrogen and oxygen atoms in total. The average Bonchev–Trinajstić information content (AvgIpc) is 2.02. The fraction of sp³-hybridized carbons (Fsp3) is 0.917. The first-order chi connectivity index (χ1) is 6.28. The summed E-state index contributed by atoms with van der Waals surface area (Å²) in [7, 11) is 0. The molecule has 0 bridgehead atoms. The maximum atomic E-state index is 10.6. The van der Waals surface area contributed by atoms with Crippen LogP contribution in [-0.4, -0.2) is 5.91 Å². The van der Waals surface area contributed by atoms with Crippen LogP contribution in [0.3, 0.4) is 0 Å². The SMILES string of the molecule is CC(C)C(C)(C)C(C)CCCC(N)=O. The van der Waals surface area contributed by atoms with Crippen LogP contribution in [0.2, 0.25) is 0 Å². The van der Waals surface area contributed by atoms with Crippen LogP contribution in [-0.2, 0) is 4.79 Å². The number of hydrogen-bond donors (Lipinski definition) is 1. The van der Waals surface area contributed by atoms with Gasteiger partial charge in [-0.1, -0.05) is 34.6 Å². The Labute approximate surface area is 88.3 Å². The number of hydrogen-bond acceptors (Lipinski definition) is 1. The van der Waals surface area contributed by atoms with E-state index in [0.717, 1.165) is 12.8 Å². The van der Waals surface area contributed by atoms with Crippen molar-refractivity contribution in [2.75, 3.05) is 0 Å². The first kappa shape index (κ1) is 13.5. The monoisotopic (exact) mass is 199 g/mol. The topological polar surface area (TPSA) is 43.1 Å². The summed E-state index contributed by atoms with van der Waals surface area (Å²) in [6.07, 6.45) is 2.54. The zero-order chi connectivity index (χ0) is 11.4. The number of rotatable bonds is 6. The van der Waals surface area contributed by atoms with Gasteiger partial charge in [0.1, 0.15) is 0 Å². The lowest BCUT2D eigenvalue weighted by molar-refractivity contribution is -0.118. The van der Waals surface area contributed by atoms with Gasteiger partial charge in [-0.15, -0.1) is 0 Å². The van der Waals surface area contributed by atoms with E-state index in [0.29, 0.717) is 23.7 Å². The van der Waals surface area contributed by atoms with Crippen LogP contribution in [0, 0.1) is 17.3 Å². The molecule has 0 spiro atoms. The van der Waals surface area contributed by atoms with E-state index < -0.39 is 0 Å². The molecule has 1 unspecified atom stereocenters. The minimum atomic E-state index is -0.181. The Morgan fingerprint density at radius 2 is 1.79 bits per heavy atom. The standard InChI is InChI=1S/C12H25NO/c1-9(2)12(4,5)10(3)7-6-8-11(13)14/h9-10H,6-8H2,1-5H3,(H2,13,14). The molecule has 0 fully saturated rings. The number of primary amides is 1. The van der Waals surface area contributed by atoms with Crippen LogP contribution in [0.1, 0.15) is 53.9 Å². The van der Waals surface area contributed by atoms with Gasteiger partial charge in [0.2, 0.25) is 5.91 Å². The van der Waals surface area contributed by atoms with Crippen LogP contribution in [0.15, 0.2) is 0 Å². The van der Waals surface area contributed by atoms with Crippen molar-refractivity contribution in [1.29, 1.82) is 0 Å². The van der Waals surface area contributed by atoms with Gasteiger partial charge in [0, 0.05) is 6.42 Å². The fourth-order valence-electron chi connectivity index (χ4n) is 1.52. The molecule has 0 aliphatic carbocycles. The van der Waals surface area contributed by atoms with Crippen LogP contribution >= 0.6 is 0 Å². The minimum Gasteiger partial charge on any atom is -0.370 e. The zero-order valence-electron chi connectivity index (χ0n) is 10.3. The van der Waals surface area contributed by atoms with Gasteiger partial charge in [0.25, 0.3) is 0 Å². The lowest BCUT2D eigenvalue weighted by Gasteiger charge is -2.36. The van der Waals surface area contributed by atoms with E-state index in [2.05, 4.69) is 34.6 Å². The fourth-order valence-corrected chi connectivity index (χ4v) is 1.52. The minimum absolute atomic E-state index is 0.181. The molecule has 0 aliphatic rings. The maximum Gasteiger partial charge on any atom is 0.217 e. The molecule has 1 amide bonds. The van der Waals surface area contributed by atoms with Crippen molar-refractivity contribution in [3.63, 3.8) is 0 Å². The molecule has 84 valence electrons. The van der Waals surface area contributed by atoms with Crippen LogP contribution < -0.4 is 5.73 Å². The molecule has 0 aliphatic heterocycles. The zero-order valence-corrected chi connectivity index (χ0v) is 10.3. The Morgan fingerprint density at radius 3 is 2.14 bits per heavy atom. The summed E-state index contributed by atoms with van der Waals surface area (Å²) in [5.41, 5.74) is 5.45. The molecule has 0 aromatic carbocycles. The maximum absolute atomic E-state index is 10.6. The third-order valence-electron chi connectivity index (χ3n) is 3.82. The summed E-state index contributed by atoms with van der Waals surface area (Å²) in [5.74, 6) is 1.13. The number of carbonyl (C=O) groups is 1. The lowest BCUT2D eigenvalue weighted by atomic mass is 9.70. The third-order valence-corrected chi connectivity index (χ3v) is 3.82. The number of nitrogens with two attached hydrogens (primary N) is 1. The van der Waals surface area contributed by atoms with Crippen molar-refractivity contribution in [3.8, 4) is 0 Å². The molecule has 1 atom stereocenters. The van der Waals surface area contributed by atoms with Gasteiger partial charge in [-0.3, -0.25) is 4.79 Å². The van der Waals surface area contributed by atoms with Crippen molar-refractivity contribution in [2.45, 2.75) is 53.9 Å². The van der Waals surface area contributed by atoms with Crippen LogP contribution in [0.4, 0.5) is 0 Å². The first-order valence-corrected chi connectivity index (χ1v) is 5.56. The number of carbonyl (C=O) groups excluding carboxylic acids is 1. The highest BCUT2D eigenvalue weighted by Gasteiger charge is 2.28. The van der Waals surface area contributed by atoms with Crippen molar-refractivity contribution < 1.29 is 4.79 Å².